The summed E-state index contributed by atoms with van der Waals surface area (Å²) in [5.41, 5.74) is 6.65. The summed E-state index contributed by atoms with van der Waals surface area (Å²) in [6, 6.07) is 3.65. The van der Waals surface area contributed by atoms with Crippen LogP contribution in [-0.4, -0.2) is 11.1 Å². The average Bonchev–Trinajstić information content (AvgIpc) is 2.30. The van der Waals surface area contributed by atoms with Gasteiger partial charge in [-0.2, -0.15) is 5.26 Å². The molecule has 0 bridgehead atoms. The molecule has 0 radical (unpaired) electrons. The van der Waals surface area contributed by atoms with Gasteiger partial charge >= 0.3 is 0 Å². The van der Waals surface area contributed by atoms with E-state index in [1.807, 2.05) is 6.07 Å². The largest absolute Gasteiger partial charge is 0.473 e. The molecule has 2 atom stereocenters. The van der Waals surface area contributed by atoms with Crippen molar-refractivity contribution in [3.63, 3.8) is 0 Å². The minimum Gasteiger partial charge on any atom is -0.473 e. The molecule has 0 amide bonds. The Bertz CT molecular complexity index is 457. The van der Waals surface area contributed by atoms with Gasteiger partial charge in [-0.15, -0.1) is 0 Å². The molecule has 4 nitrogen and oxygen atoms in total. The van der Waals surface area contributed by atoms with Crippen molar-refractivity contribution in [1.82, 2.24) is 4.98 Å². The first-order valence-corrected chi connectivity index (χ1v) is 6.41. The molecule has 1 fully saturated rings. The number of hydrogen-bond donors (Lipinski definition) is 1. The quantitative estimate of drug-likeness (QED) is 0.869. The first kappa shape index (κ1) is 12.7. The van der Waals surface area contributed by atoms with Crippen LogP contribution >= 0.6 is 0 Å². The van der Waals surface area contributed by atoms with Crippen LogP contribution in [0.15, 0.2) is 12.3 Å². The molecule has 0 spiro atoms. The standard InChI is InChI=1S/C14H19N3O/c1-9-5-10(2)7-12(6-9)18-14-13(16)11(8-15)3-4-17-14/h3-4,9-10,12H,5-7,16H2,1-2H3. The topological polar surface area (TPSA) is 71.9 Å². The lowest BCUT2D eigenvalue weighted by Crippen LogP contribution is -2.29. The number of pyridine rings is 1. The maximum absolute atomic E-state index is 8.92. The van der Waals surface area contributed by atoms with Crippen molar-refractivity contribution in [3.05, 3.63) is 17.8 Å². The summed E-state index contributed by atoms with van der Waals surface area (Å²) in [7, 11) is 0. The summed E-state index contributed by atoms with van der Waals surface area (Å²) in [5, 5.41) is 8.92. The summed E-state index contributed by atoms with van der Waals surface area (Å²) >= 11 is 0. The van der Waals surface area contributed by atoms with Gasteiger partial charge in [0, 0.05) is 6.20 Å². The van der Waals surface area contributed by atoms with Crippen LogP contribution in [0.1, 0.15) is 38.7 Å². The van der Waals surface area contributed by atoms with E-state index in [4.69, 9.17) is 15.7 Å². The van der Waals surface area contributed by atoms with E-state index < -0.39 is 0 Å². The smallest absolute Gasteiger partial charge is 0.238 e. The summed E-state index contributed by atoms with van der Waals surface area (Å²) in [4.78, 5) is 4.13. The number of nitrogen functional groups attached to an aromatic ring is 1. The lowest BCUT2D eigenvalue weighted by Gasteiger charge is -2.31. The minimum absolute atomic E-state index is 0.160. The zero-order valence-electron chi connectivity index (χ0n) is 10.9. The summed E-state index contributed by atoms with van der Waals surface area (Å²) < 4.78 is 5.88. The van der Waals surface area contributed by atoms with Gasteiger partial charge in [0.1, 0.15) is 17.9 Å². The van der Waals surface area contributed by atoms with Crippen LogP contribution in [0.25, 0.3) is 0 Å². The van der Waals surface area contributed by atoms with Gasteiger partial charge in [-0.1, -0.05) is 13.8 Å². The number of ether oxygens (including phenoxy) is 1. The third-order valence-corrected chi connectivity index (χ3v) is 3.49. The predicted molar refractivity (Wildman–Crippen MR) is 70.0 cm³/mol. The van der Waals surface area contributed by atoms with Gasteiger partial charge in [-0.25, -0.2) is 4.98 Å². The third-order valence-electron chi connectivity index (χ3n) is 3.49. The second kappa shape index (κ2) is 5.26. The first-order chi connectivity index (χ1) is 8.60. The number of anilines is 1. The number of hydrogen-bond acceptors (Lipinski definition) is 4. The molecule has 0 aromatic carbocycles. The van der Waals surface area contributed by atoms with Crippen LogP contribution in [0.4, 0.5) is 5.69 Å². The highest BCUT2D eigenvalue weighted by molar-refractivity contribution is 5.59. The molecule has 1 aliphatic rings. The van der Waals surface area contributed by atoms with Crippen molar-refractivity contribution in [1.29, 1.82) is 5.26 Å². The SMILES string of the molecule is CC1CC(C)CC(Oc2nccc(C#N)c2N)C1. The molecular weight excluding hydrogens is 226 g/mol. The molecule has 2 unspecified atom stereocenters. The van der Waals surface area contributed by atoms with Gasteiger partial charge in [-0.3, -0.25) is 0 Å². The van der Waals surface area contributed by atoms with Crippen LogP contribution in [0.3, 0.4) is 0 Å². The average molecular weight is 245 g/mol. The number of rotatable bonds is 2. The highest BCUT2D eigenvalue weighted by Crippen LogP contribution is 2.32. The Hall–Kier alpha value is -1.76. The van der Waals surface area contributed by atoms with E-state index in [-0.39, 0.29) is 6.10 Å². The van der Waals surface area contributed by atoms with Crippen molar-refractivity contribution < 1.29 is 4.74 Å². The van der Waals surface area contributed by atoms with Crippen molar-refractivity contribution in [2.75, 3.05) is 5.73 Å². The van der Waals surface area contributed by atoms with Crippen molar-refractivity contribution in [3.8, 4) is 11.9 Å². The molecule has 96 valence electrons. The number of aromatic nitrogens is 1. The summed E-state index contributed by atoms with van der Waals surface area (Å²) in [6.07, 6.45) is 5.04. The zero-order valence-corrected chi connectivity index (χ0v) is 10.9. The zero-order chi connectivity index (χ0) is 13.1. The fourth-order valence-corrected chi connectivity index (χ4v) is 2.77. The van der Waals surface area contributed by atoms with Gasteiger partial charge in [0.2, 0.25) is 5.88 Å². The second-order valence-corrected chi connectivity index (χ2v) is 5.35. The van der Waals surface area contributed by atoms with E-state index in [0.29, 0.717) is 29.0 Å². The van der Waals surface area contributed by atoms with Crippen molar-refractivity contribution in [2.45, 2.75) is 39.2 Å². The Kier molecular flexibility index (Phi) is 3.71. The third kappa shape index (κ3) is 2.73. The fraction of sp³-hybridized carbons (Fsp3) is 0.571. The molecule has 1 aromatic heterocycles. The van der Waals surface area contributed by atoms with E-state index >= 15 is 0 Å². The number of nitriles is 1. The van der Waals surface area contributed by atoms with E-state index in [0.717, 1.165) is 12.8 Å². The molecule has 0 aliphatic heterocycles. The maximum atomic E-state index is 8.92. The molecule has 1 aliphatic carbocycles. The normalized spacial score (nSPS) is 27.5. The van der Waals surface area contributed by atoms with E-state index in [2.05, 4.69) is 18.8 Å². The van der Waals surface area contributed by atoms with Crippen LogP contribution in [0.2, 0.25) is 0 Å². The van der Waals surface area contributed by atoms with E-state index in [1.165, 1.54) is 6.42 Å². The Morgan fingerprint density at radius 3 is 2.61 bits per heavy atom. The molecule has 2 N–H and O–H groups in total. The lowest BCUT2D eigenvalue weighted by atomic mass is 9.82. The number of nitrogens with two attached hydrogens (primary N) is 1. The van der Waals surface area contributed by atoms with Crippen LogP contribution in [0.5, 0.6) is 5.88 Å². The highest BCUT2D eigenvalue weighted by atomic mass is 16.5. The van der Waals surface area contributed by atoms with Crippen molar-refractivity contribution in [2.24, 2.45) is 11.8 Å². The summed E-state index contributed by atoms with van der Waals surface area (Å²) in [5.74, 6) is 1.73. The maximum Gasteiger partial charge on any atom is 0.238 e. The fourth-order valence-electron chi connectivity index (χ4n) is 2.77. The van der Waals surface area contributed by atoms with Gasteiger partial charge in [0.25, 0.3) is 0 Å². The monoisotopic (exact) mass is 245 g/mol. The molecular formula is C14H19N3O. The molecule has 18 heavy (non-hydrogen) atoms. The van der Waals surface area contributed by atoms with Gasteiger partial charge in [-0.05, 0) is 37.2 Å². The number of nitrogens with zero attached hydrogens (tertiary/aromatic N) is 2. The van der Waals surface area contributed by atoms with Gasteiger partial charge in [0.05, 0.1) is 5.56 Å². The van der Waals surface area contributed by atoms with Crippen molar-refractivity contribution >= 4 is 5.69 Å². The molecule has 1 saturated carbocycles. The van der Waals surface area contributed by atoms with E-state index in [1.54, 1.807) is 12.3 Å². The second-order valence-electron chi connectivity index (χ2n) is 5.35. The lowest BCUT2D eigenvalue weighted by molar-refractivity contribution is 0.0974. The van der Waals surface area contributed by atoms with Gasteiger partial charge < -0.3 is 10.5 Å². The Morgan fingerprint density at radius 1 is 1.33 bits per heavy atom. The molecule has 1 aromatic rings. The Balaban J connectivity index is 2.12. The summed E-state index contributed by atoms with van der Waals surface area (Å²) in [6.45, 7) is 4.49. The Labute approximate surface area is 108 Å². The van der Waals surface area contributed by atoms with Crippen LogP contribution in [0, 0.1) is 23.2 Å². The van der Waals surface area contributed by atoms with E-state index in [9.17, 15) is 0 Å². The van der Waals surface area contributed by atoms with Gasteiger partial charge in [0.15, 0.2) is 0 Å². The Morgan fingerprint density at radius 2 is 2.00 bits per heavy atom. The highest BCUT2D eigenvalue weighted by Gasteiger charge is 2.26. The molecule has 0 saturated heterocycles. The molecule has 1 heterocycles. The minimum atomic E-state index is 0.160. The van der Waals surface area contributed by atoms with Crippen LogP contribution < -0.4 is 10.5 Å². The first-order valence-electron chi connectivity index (χ1n) is 6.41. The van der Waals surface area contributed by atoms with Crippen LogP contribution in [-0.2, 0) is 0 Å². The predicted octanol–water partition coefficient (Wildman–Crippen LogP) is 2.74. The molecule has 4 heteroatoms. The molecule has 2 rings (SSSR count).